The first-order valence-corrected chi connectivity index (χ1v) is 5.62. The van der Waals surface area contributed by atoms with Crippen LogP contribution in [0.2, 0.25) is 0 Å². The van der Waals surface area contributed by atoms with Gasteiger partial charge in [0.2, 0.25) is 0 Å². The number of pyridine rings is 1. The topological polar surface area (TPSA) is 40.4 Å². The van der Waals surface area contributed by atoms with E-state index in [0.717, 1.165) is 11.3 Å². The molecule has 1 heterocycles. The lowest BCUT2D eigenvalue weighted by Gasteiger charge is -1.98. The highest BCUT2D eigenvalue weighted by Crippen LogP contribution is 2.12. The van der Waals surface area contributed by atoms with Gasteiger partial charge in [-0.05, 0) is 23.8 Å². The molecule has 0 unspecified atom stereocenters. The van der Waals surface area contributed by atoms with Crippen LogP contribution in [0.5, 0.6) is 5.75 Å². The van der Waals surface area contributed by atoms with Gasteiger partial charge in [0.25, 0.3) is 0 Å². The van der Waals surface area contributed by atoms with Crippen LogP contribution in [-0.2, 0) is 0 Å². The van der Waals surface area contributed by atoms with E-state index in [2.05, 4.69) is 4.98 Å². The van der Waals surface area contributed by atoms with Gasteiger partial charge in [-0.1, -0.05) is 18.2 Å². The average Bonchev–Trinajstić information content (AvgIpc) is 2.46. The SMILES string of the molecule is COc1ccc(/C=C/C(=O)c2cc[nH+]cc2)cc1.[Cl-]. The lowest BCUT2D eigenvalue weighted by molar-refractivity contribution is -0.378. The number of carbonyl (C=O) groups is 1. The number of benzene rings is 1. The van der Waals surface area contributed by atoms with Gasteiger partial charge in [0.1, 0.15) is 5.75 Å². The summed E-state index contributed by atoms with van der Waals surface area (Å²) in [6.07, 6.45) is 6.82. The summed E-state index contributed by atoms with van der Waals surface area (Å²) in [5.74, 6) is 0.789. The van der Waals surface area contributed by atoms with Gasteiger partial charge in [0.05, 0.1) is 7.11 Å². The Balaban J connectivity index is 0.00000180. The van der Waals surface area contributed by atoms with Crippen LogP contribution in [0.25, 0.3) is 6.08 Å². The van der Waals surface area contributed by atoms with Crippen molar-refractivity contribution in [1.29, 1.82) is 0 Å². The fourth-order valence-corrected chi connectivity index (χ4v) is 1.53. The zero-order valence-electron chi connectivity index (χ0n) is 10.5. The fraction of sp³-hybridized carbons (Fsp3) is 0.0667. The molecule has 0 saturated heterocycles. The van der Waals surface area contributed by atoms with E-state index in [1.807, 2.05) is 24.3 Å². The Kier molecular flexibility index (Phi) is 5.76. The molecule has 19 heavy (non-hydrogen) atoms. The molecule has 0 amide bonds. The van der Waals surface area contributed by atoms with Crippen molar-refractivity contribution >= 4 is 11.9 Å². The van der Waals surface area contributed by atoms with Gasteiger partial charge in [0, 0.05) is 17.7 Å². The van der Waals surface area contributed by atoms with Crippen LogP contribution < -0.4 is 22.1 Å². The predicted molar refractivity (Wildman–Crippen MR) is 69.4 cm³/mol. The monoisotopic (exact) mass is 275 g/mol. The molecule has 4 heteroatoms. The molecule has 1 aromatic heterocycles. The maximum absolute atomic E-state index is 11.8. The second kappa shape index (κ2) is 7.34. The van der Waals surface area contributed by atoms with E-state index in [1.54, 1.807) is 43.8 Å². The highest BCUT2D eigenvalue weighted by Gasteiger charge is 2.01. The Morgan fingerprint density at radius 2 is 1.74 bits per heavy atom. The number of aromatic nitrogens is 1. The second-order valence-corrected chi connectivity index (χ2v) is 3.76. The van der Waals surface area contributed by atoms with Crippen molar-refractivity contribution in [3.05, 3.63) is 66.0 Å². The quantitative estimate of drug-likeness (QED) is 0.553. The van der Waals surface area contributed by atoms with Crippen LogP contribution in [0.15, 0.2) is 54.9 Å². The molecule has 98 valence electrons. The number of aromatic amines is 1. The number of H-pyrrole nitrogens is 1. The van der Waals surface area contributed by atoms with Crippen LogP contribution >= 0.6 is 0 Å². The Morgan fingerprint density at radius 3 is 2.32 bits per heavy atom. The zero-order chi connectivity index (χ0) is 12.8. The first-order chi connectivity index (χ1) is 8.79. The molecule has 0 radical (unpaired) electrons. The van der Waals surface area contributed by atoms with Crippen molar-refractivity contribution in [1.82, 2.24) is 0 Å². The summed E-state index contributed by atoms with van der Waals surface area (Å²) in [6.45, 7) is 0. The highest BCUT2D eigenvalue weighted by atomic mass is 35.5. The third-order valence-electron chi connectivity index (χ3n) is 2.55. The number of methoxy groups -OCH3 is 1. The van der Waals surface area contributed by atoms with Crippen LogP contribution in [-0.4, -0.2) is 12.9 Å². The molecule has 0 atom stereocenters. The van der Waals surface area contributed by atoms with Gasteiger partial charge >= 0.3 is 0 Å². The number of carbonyl (C=O) groups excluding carboxylic acids is 1. The van der Waals surface area contributed by atoms with Crippen molar-refractivity contribution in [3.63, 3.8) is 0 Å². The minimum absolute atomic E-state index is 0. The molecule has 0 spiro atoms. The van der Waals surface area contributed by atoms with Crippen LogP contribution in [0.1, 0.15) is 15.9 Å². The summed E-state index contributed by atoms with van der Waals surface area (Å²) in [5, 5.41) is 0. The lowest BCUT2D eigenvalue weighted by atomic mass is 10.1. The summed E-state index contributed by atoms with van der Waals surface area (Å²) in [5.41, 5.74) is 1.63. The fourth-order valence-electron chi connectivity index (χ4n) is 1.53. The lowest BCUT2D eigenvalue weighted by Crippen LogP contribution is -3.00. The first-order valence-electron chi connectivity index (χ1n) is 5.62. The maximum Gasteiger partial charge on any atom is 0.186 e. The molecule has 3 nitrogen and oxygen atoms in total. The molecule has 0 aliphatic rings. The Hall–Kier alpha value is -2.13. The van der Waals surface area contributed by atoms with Gasteiger partial charge in [-0.2, -0.15) is 0 Å². The summed E-state index contributed by atoms with van der Waals surface area (Å²) in [6, 6.07) is 11.0. The van der Waals surface area contributed by atoms with Gasteiger partial charge in [-0.3, -0.25) is 4.79 Å². The molecule has 0 bridgehead atoms. The van der Waals surface area contributed by atoms with Crippen molar-refractivity contribution in [2.45, 2.75) is 0 Å². The second-order valence-electron chi connectivity index (χ2n) is 3.76. The molecule has 1 aromatic carbocycles. The Morgan fingerprint density at radius 1 is 1.11 bits per heavy atom. The van der Waals surface area contributed by atoms with E-state index in [9.17, 15) is 4.79 Å². The highest BCUT2D eigenvalue weighted by molar-refractivity contribution is 6.06. The van der Waals surface area contributed by atoms with Gasteiger partial charge in [0.15, 0.2) is 18.2 Å². The first kappa shape index (κ1) is 14.9. The molecule has 2 aromatic rings. The Labute approximate surface area is 118 Å². The number of allylic oxidation sites excluding steroid dienone is 1. The zero-order valence-corrected chi connectivity index (χ0v) is 11.2. The molecular formula is C15H14ClNO2. The largest absolute Gasteiger partial charge is 1.00 e. The van der Waals surface area contributed by atoms with E-state index in [1.165, 1.54) is 0 Å². The molecule has 0 saturated carbocycles. The number of hydrogen-bond donors (Lipinski definition) is 0. The van der Waals surface area contributed by atoms with E-state index < -0.39 is 0 Å². The van der Waals surface area contributed by atoms with Crippen molar-refractivity contribution in [3.8, 4) is 5.75 Å². The Bertz CT molecular complexity index is 550. The third-order valence-corrected chi connectivity index (χ3v) is 2.55. The average molecular weight is 276 g/mol. The van der Waals surface area contributed by atoms with Crippen LogP contribution in [0.4, 0.5) is 0 Å². The minimum atomic E-state index is -0.0141. The smallest absolute Gasteiger partial charge is 0.186 e. The minimum Gasteiger partial charge on any atom is -1.00 e. The van der Waals surface area contributed by atoms with Crippen LogP contribution in [0, 0.1) is 0 Å². The molecular weight excluding hydrogens is 262 g/mol. The van der Waals surface area contributed by atoms with Gasteiger partial charge < -0.3 is 17.1 Å². The van der Waals surface area contributed by atoms with Crippen molar-refractivity contribution < 1.29 is 26.9 Å². The third kappa shape index (κ3) is 4.23. The van der Waals surface area contributed by atoms with E-state index >= 15 is 0 Å². The number of halogens is 1. The van der Waals surface area contributed by atoms with Crippen molar-refractivity contribution in [2.75, 3.05) is 7.11 Å². The predicted octanol–water partition coefficient (Wildman–Crippen LogP) is -0.591. The van der Waals surface area contributed by atoms with Gasteiger partial charge in [-0.25, -0.2) is 4.98 Å². The number of ketones is 1. The maximum atomic E-state index is 11.8. The molecule has 0 fully saturated rings. The summed E-state index contributed by atoms with van der Waals surface area (Å²) >= 11 is 0. The van der Waals surface area contributed by atoms with E-state index in [0.29, 0.717) is 5.56 Å². The van der Waals surface area contributed by atoms with E-state index in [4.69, 9.17) is 4.74 Å². The number of ether oxygens (including phenoxy) is 1. The molecule has 1 N–H and O–H groups in total. The van der Waals surface area contributed by atoms with Crippen LogP contribution in [0.3, 0.4) is 0 Å². The standard InChI is InChI=1S/C15H13NO2.ClH/c1-18-14-5-2-12(3-6-14)4-7-15(17)13-8-10-16-11-9-13;/h2-11H,1H3;1H/b7-4+;. The number of hydrogen-bond acceptors (Lipinski definition) is 2. The molecule has 0 aliphatic heterocycles. The number of nitrogens with one attached hydrogen (secondary N) is 1. The summed E-state index contributed by atoms with van der Waals surface area (Å²) in [4.78, 5) is 14.7. The van der Waals surface area contributed by atoms with E-state index in [-0.39, 0.29) is 18.2 Å². The summed E-state index contributed by atoms with van der Waals surface area (Å²) < 4.78 is 5.07. The summed E-state index contributed by atoms with van der Waals surface area (Å²) in [7, 11) is 1.63. The molecule has 2 rings (SSSR count). The normalized spacial score (nSPS) is 9.95. The molecule has 0 aliphatic carbocycles. The van der Waals surface area contributed by atoms with Gasteiger partial charge in [-0.15, -0.1) is 0 Å². The van der Waals surface area contributed by atoms with Crippen molar-refractivity contribution in [2.24, 2.45) is 0 Å². The number of rotatable bonds is 4.